The normalized spacial score (nSPS) is 15.6. The summed E-state index contributed by atoms with van der Waals surface area (Å²) in [4.78, 5) is 14.4. The van der Waals surface area contributed by atoms with Crippen molar-refractivity contribution in [3.8, 4) is 23.0 Å². The van der Waals surface area contributed by atoms with E-state index >= 15 is 0 Å². The highest BCUT2D eigenvalue weighted by Crippen LogP contribution is 2.44. The molecule has 1 unspecified atom stereocenters. The quantitative estimate of drug-likeness (QED) is 0.476. The summed E-state index contributed by atoms with van der Waals surface area (Å²) in [5.74, 6) is 2.67. The monoisotopic (exact) mass is 453 g/mol. The summed E-state index contributed by atoms with van der Waals surface area (Å²) in [6.45, 7) is 1.24. The fraction of sp³-hybridized carbons (Fsp3) is 0.423. The Morgan fingerprint density at radius 1 is 0.970 bits per heavy atom. The van der Waals surface area contributed by atoms with Gasteiger partial charge in [-0.1, -0.05) is 12.1 Å². The molecule has 0 radical (unpaired) electrons. The van der Waals surface area contributed by atoms with Crippen LogP contribution in [0.5, 0.6) is 23.0 Å². The predicted octanol–water partition coefficient (Wildman–Crippen LogP) is 4.21. The van der Waals surface area contributed by atoms with Crippen LogP contribution in [-0.4, -0.2) is 65.5 Å². The molecule has 1 heterocycles. The molecular weight excluding hydrogens is 422 g/mol. The van der Waals surface area contributed by atoms with Crippen LogP contribution < -0.4 is 18.9 Å². The second kappa shape index (κ2) is 9.75. The number of hydrogen-bond acceptors (Lipinski definition) is 6. The summed E-state index contributed by atoms with van der Waals surface area (Å²) in [6.07, 6.45) is 2.08. The van der Waals surface area contributed by atoms with Crippen molar-refractivity contribution in [1.29, 1.82) is 0 Å². The van der Waals surface area contributed by atoms with Gasteiger partial charge in [-0.3, -0.25) is 4.79 Å². The van der Waals surface area contributed by atoms with E-state index in [9.17, 15) is 4.79 Å². The van der Waals surface area contributed by atoms with Gasteiger partial charge in [0, 0.05) is 25.6 Å². The molecule has 33 heavy (non-hydrogen) atoms. The maximum absolute atomic E-state index is 12.7. The number of hydrogen-bond donors (Lipinski definition) is 0. The highest BCUT2D eigenvalue weighted by Gasteiger charge is 2.26. The number of nitrogens with zero attached hydrogens (tertiary/aromatic N) is 1. The molecule has 3 aromatic carbocycles. The third-order valence-corrected chi connectivity index (χ3v) is 6.35. The number of methoxy groups -OCH3 is 4. The minimum Gasteiger partial charge on any atom is -0.493 e. The average molecular weight is 454 g/mol. The fourth-order valence-corrected chi connectivity index (χ4v) is 4.57. The lowest BCUT2D eigenvalue weighted by Crippen LogP contribution is -2.37. The average Bonchev–Trinajstić information content (AvgIpc) is 3.39. The van der Waals surface area contributed by atoms with Gasteiger partial charge in [-0.25, -0.2) is 0 Å². The third kappa shape index (κ3) is 4.25. The Balaban J connectivity index is 1.79. The number of fused-ring (bicyclic) bond motifs is 3. The molecule has 0 aliphatic carbocycles. The van der Waals surface area contributed by atoms with Crippen LogP contribution in [-0.2, 0) is 16.0 Å². The van der Waals surface area contributed by atoms with Gasteiger partial charge in [0.25, 0.3) is 5.91 Å². The Bertz CT molecular complexity index is 1170. The molecule has 0 spiro atoms. The van der Waals surface area contributed by atoms with Crippen molar-refractivity contribution in [3.63, 3.8) is 0 Å². The topological polar surface area (TPSA) is 66.5 Å². The van der Waals surface area contributed by atoms with Gasteiger partial charge in [0.15, 0.2) is 23.0 Å². The van der Waals surface area contributed by atoms with Gasteiger partial charge >= 0.3 is 0 Å². The summed E-state index contributed by atoms with van der Waals surface area (Å²) in [6, 6.07) is 10.1. The van der Waals surface area contributed by atoms with Crippen LogP contribution in [0.25, 0.3) is 21.5 Å². The Labute approximate surface area is 194 Å². The number of likely N-dealkylation sites (N-methyl/N-ethyl adjacent to an activating group) is 1. The first kappa shape index (κ1) is 23.0. The molecule has 1 fully saturated rings. The predicted molar refractivity (Wildman–Crippen MR) is 128 cm³/mol. The first-order valence-corrected chi connectivity index (χ1v) is 11.1. The van der Waals surface area contributed by atoms with Crippen molar-refractivity contribution in [2.45, 2.75) is 25.4 Å². The Morgan fingerprint density at radius 3 is 2.33 bits per heavy atom. The number of amides is 1. The van der Waals surface area contributed by atoms with Gasteiger partial charge in [-0.15, -0.1) is 0 Å². The molecule has 1 atom stereocenters. The van der Waals surface area contributed by atoms with E-state index in [-0.39, 0.29) is 12.0 Å². The Hall–Kier alpha value is -3.19. The maximum atomic E-state index is 12.7. The number of benzene rings is 3. The standard InChI is InChI=1S/C26H31NO6/c1-27(26(28)20-7-6-12-33-20)11-10-17-14-23(31-4)25(32-5)24-18(17)9-8-16-13-21(29-2)22(30-3)15-19(16)24/h8-9,13-15,20H,6-7,10-12H2,1-5H3. The minimum atomic E-state index is -0.316. The third-order valence-electron chi connectivity index (χ3n) is 6.35. The van der Waals surface area contributed by atoms with Crippen molar-refractivity contribution in [1.82, 2.24) is 4.90 Å². The van der Waals surface area contributed by atoms with Crippen molar-refractivity contribution in [2.75, 3.05) is 48.6 Å². The van der Waals surface area contributed by atoms with Crippen LogP contribution in [0.3, 0.4) is 0 Å². The smallest absolute Gasteiger partial charge is 0.251 e. The summed E-state index contributed by atoms with van der Waals surface area (Å²) in [5, 5.41) is 3.97. The van der Waals surface area contributed by atoms with Crippen molar-refractivity contribution in [2.24, 2.45) is 0 Å². The molecule has 0 N–H and O–H groups in total. The number of ether oxygens (including phenoxy) is 5. The molecule has 1 amide bonds. The van der Waals surface area contributed by atoms with E-state index < -0.39 is 0 Å². The van der Waals surface area contributed by atoms with Gasteiger partial charge in [-0.05, 0) is 59.2 Å². The lowest BCUT2D eigenvalue weighted by atomic mass is 9.95. The summed E-state index contributed by atoms with van der Waals surface area (Å²) in [7, 11) is 8.36. The maximum Gasteiger partial charge on any atom is 0.251 e. The second-order valence-electron chi connectivity index (χ2n) is 8.20. The van der Waals surface area contributed by atoms with Crippen LogP contribution in [0, 0.1) is 0 Å². The van der Waals surface area contributed by atoms with Crippen LogP contribution in [0.4, 0.5) is 0 Å². The molecule has 176 valence electrons. The van der Waals surface area contributed by atoms with Gasteiger partial charge in [0.2, 0.25) is 0 Å². The van der Waals surface area contributed by atoms with Gasteiger partial charge in [0.05, 0.1) is 28.4 Å². The fourth-order valence-electron chi connectivity index (χ4n) is 4.57. The van der Waals surface area contributed by atoms with Crippen LogP contribution in [0.2, 0.25) is 0 Å². The summed E-state index contributed by atoms with van der Waals surface area (Å²) < 4.78 is 28.1. The van der Waals surface area contributed by atoms with Crippen molar-refractivity contribution >= 4 is 27.5 Å². The zero-order valence-corrected chi connectivity index (χ0v) is 19.9. The molecule has 1 aliphatic rings. The molecule has 1 aliphatic heterocycles. The van der Waals surface area contributed by atoms with E-state index in [1.807, 2.05) is 25.2 Å². The van der Waals surface area contributed by atoms with Crippen LogP contribution in [0.1, 0.15) is 18.4 Å². The van der Waals surface area contributed by atoms with Gasteiger partial charge in [0.1, 0.15) is 6.10 Å². The highest BCUT2D eigenvalue weighted by atomic mass is 16.5. The minimum absolute atomic E-state index is 0.0413. The molecule has 0 aromatic heterocycles. The van der Waals surface area contributed by atoms with E-state index in [0.29, 0.717) is 42.6 Å². The highest BCUT2D eigenvalue weighted by molar-refractivity contribution is 6.13. The lowest BCUT2D eigenvalue weighted by Gasteiger charge is -2.22. The summed E-state index contributed by atoms with van der Waals surface area (Å²) in [5.41, 5.74) is 1.08. The first-order valence-electron chi connectivity index (χ1n) is 11.1. The molecule has 7 heteroatoms. The van der Waals surface area contributed by atoms with Gasteiger partial charge in [-0.2, -0.15) is 0 Å². The number of rotatable bonds is 8. The number of carbonyl (C=O) groups excluding carboxylic acids is 1. The molecule has 7 nitrogen and oxygen atoms in total. The van der Waals surface area contributed by atoms with Crippen LogP contribution in [0.15, 0.2) is 30.3 Å². The van der Waals surface area contributed by atoms with E-state index in [2.05, 4.69) is 12.1 Å². The Kier molecular flexibility index (Phi) is 6.79. The SMILES string of the molecule is COc1cc2ccc3c(CCN(C)C(=O)C4CCCO4)cc(OC)c(OC)c3c2cc1OC. The zero-order chi connectivity index (χ0) is 23.5. The molecule has 0 bridgehead atoms. The Morgan fingerprint density at radius 2 is 1.70 bits per heavy atom. The van der Waals surface area contributed by atoms with E-state index in [1.165, 1.54) is 0 Å². The van der Waals surface area contributed by atoms with Crippen molar-refractivity contribution in [3.05, 3.63) is 35.9 Å². The molecule has 1 saturated heterocycles. The number of carbonyl (C=O) groups is 1. The molecule has 4 rings (SSSR count). The van der Waals surface area contributed by atoms with Crippen molar-refractivity contribution < 1.29 is 28.5 Å². The zero-order valence-electron chi connectivity index (χ0n) is 19.9. The molecule has 3 aromatic rings. The first-order chi connectivity index (χ1) is 16.0. The molecule has 0 saturated carbocycles. The second-order valence-corrected chi connectivity index (χ2v) is 8.20. The lowest BCUT2D eigenvalue weighted by molar-refractivity contribution is -0.139. The van der Waals surface area contributed by atoms with E-state index in [1.54, 1.807) is 33.3 Å². The van der Waals surface area contributed by atoms with E-state index in [0.717, 1.165) is 39.9 Å². The summed E-state index contributed by atoms with van der Waals surface area (Å²) >= 11 is 0. The van der Waals surface area contributed by atoms with Crippen LogP contribution >= 0.6 is 0 Å². The largest absolute Gasteiger partial charge is 0.493 e. The molecular formula is C26H31NO6. The van der Waals surface area contributed by atoms with Gasteiger partial charge < -0.3 is 28.6 Å². The van der Waals surface area contributed by atoms with E-state index in [4.69, 9.17) is 23.7 Å².